The minimum Gasteiger partial charge on any atom is -0.349 e. The predicted octanol–water partition coefficient (Wildman–Crippen LogP) is 3.02. The molecule has 1 aromatic heterocycles. The van der Waals surface area contributed by atoms with Gasteiger partial charge in [0.15, 0.2) is 0 Å². The number of aromatic nitrogens is 1. The molecule has 0 radical (unpaired) electrons. The molecule has 22 heavy (non-hydrogen) atoms. The zero-order valence-corrected chi connectivity index (χ0v) is 14.4. The monoisotopic (exact) mass is 359 g/mol. The lowest BCUT2D eigenvalue weighted by Crippen LogP contribution is -2.40. The van der Waals surface area contributed by atoms with Gasteiger partial charge in [0.25, 0.3) is 0 Å². The highest BCUT2D eigenvalue weighted by Crippen LogP contribution is 2.23. The molecule has 0 saturated carbocycles. The third-order valence-electron chi connectivity index (χ3n) is 3.39. The van der Waals surface area contributed by atoms with E-state index in [2.05, 4.69) is 15.6 Å². The van der Waals surface area contributed by atoms with Crippen LogP contribution in [0.3, 0.4) is 0 Å². The first-order valence-corrected chi connectivity index (χ1v) is 7.72. The topological polar surface area (TPSA) is 54.0 Å². The fourth-order valence-corrected chi connectivity index (χ4v) is 3.14. The highest BCUT2D eigenvalue weighted by molar-refractivity contribution is 7.13. The number of halogens is 2. The summed E-state index contributed by atoms with van der Waals surface area (Å²) in [6, 6.07) is 10.1. The van der Waals surface area contributed by atoms with E-state index in [-0.39, 0.29) is 36.8 Å². The van der Waals surface area contributed by atoms with Gasteiger partial charge in [-0.15, -0.1) is 36.2 Å². The average molecular weight is 360 g/mol. The van der Waals surface area contributed by atoms with Crippen molar-refractivity contribution < 1.29 is 4.79 Å². The Bertz CT molecular complexity index is 585. The van der Waals surface area contributed by atoms with Gasteiger partial charge in [0.05, 0.1) is 18.3 Å². The third-order valence-corrected chi connectivity index (χ3v) is 4.33. The summed E-state index contributed by atoms with van der Waals surface area (Å²) in [7, 11) is 0. The summed E-state index contributed by atoms with van der Waals surface area (Å²) in [5.74, 6) is 0.0803. The van der Waals surface area contributed by atoms with Gasteiger partial charge in [0, 0.05) is 10.9 Å². The van der Waals surface area contributed by atoms with E-state index < -0.39 is 0 Å². The van der Waals surface area contributed by atoms with Crippen LogP contribution >= 0.6 is 36.2 Å². The van der Waals surface area contributed by atoms with E-state index in [9.17, 15) is 4.79 Å². The Kier molecular flexibility index (Phi) is 7.82. The number of nitrogens with zero attached hydrogens (tertiary/aromatic N) is 1. The fraction of sp³-hybridized carbons (Fsp3) is 0.333. The summed E-state index contributed by atoms with van der Waals surface area (Å²) in [5.41, 5.74) is 2.03. The van der Waals surface area contributed by atoms with Crippen molar-refractivity contribution in [3.05, 3.63) is 41.4 Å². The van der Waals surface area contributed by atoms with E-state index in [1.54, 1.807) is 11.3 Å². The largest absolute Gasteiger partial charge is 0.349 e. The Labute approximate surface area is 146 Å². The van der Waals surface area contributed by atoms with Crippen molar-refractivity contribution in [2.45, 2.75) is 25.4 Å². The van der Waals surface area contributed by atoms with Gasteiger partial charge in [-0.2, -0.15) is 0 Å². The Morgan fingerprint density at radius 2 is 2.09 bits per heavy atom. The van der Waals surface area contributed by atoms with Crippen LogP contribution in [0.2, 0.25) is 0 Å². The molecule has 2 heterocycles. The second-order valence-electron chi connectivity index (χ2n) is 4.88. The van der Waals surface area contributed by atoms with E-state index in [4.69, 9.17) is 0 Å². The fourth-order valence-electron chi connectivity index (χ4n) is 2.31. The number of hydrogen-bond donors (Lipinski definition) is 2. The van der Waals surface area contributed by atoms with Gasteiger partial charge in [0.2, 0.25) is 5.91 Å². The van der Waals surface area contributed by atoms with Gasteiger partial charge in [-0.05, 0) is 19.4 Å². The number of carbonyl (C=O) groups is 1. The number of hydrogen-bond acceptors (Lipinski definition) is 4. The molecule has 0 aliphatic carbocycles. The van der Waals surface area contributed by atoms with E-state index in [1.165, 1.54) is 0 Å². The first kappa shape index (κ1) is 18.9. The number of amides is 1. The normalized spacial score (nSPS) is 16.5. The quantitative estimate of drug-likeness (QED) is 0.881. The second kappa shape index (κ2) is 9.10. The molecule has 1 atom stereocenters. The third kappa shape index (κ3) is 4.68. The van der Waals surface area contributed by atoms with Crippen molar-refractivity contribution in [2.24, 2.45) is 0 Å². The zero-order valence-electron chi connectivity index (χ0n) is 12.0. The van der Waals surface area contributed by atoms with Crippen LogP contribution in [0.5, 0.6) is 0 Å². The Balaban J connectivity index is 0.00000121. The Hall–Kier alpha value is -1.14. The summed E-state index contributed by atoms with van der Waals surface area (Å²) in [6.45, 7) is 1.44. The number of thiazole rings is 1. The highest BCUT2D eigenvalue weighted by Gasteiger charge is 2.21. The SMILES string of the molecule is Cl.Cl.O=C(NCc1csc(-c2ccccc2)n1)[C@@H]1CCCN1. The minimum absolute atomic E-state index is 0. The molecular formula is C15H19Cl2N3OS. The maximum Gasteiger partial charge on any atom is 0.237 e. The van der Waals surface area contributed by atoms with Gasteiger partial charge >= 0.3 is 0 Å². The predicted molar refractivity (Wildman–Crippen MR) is 94.9 cm³/mol. The molecule has 3 rings (SSSR count). The van der Waals surface area contributed by atoms with Crippen LogP contribution in [0.25, 0.3) is 10.6 Å². The van der Waals surface area contributed by atoms with Gasteiger partial charge in [-0.25, -0.2) is 4.98 Å². The molecule has 2 aromatic rings. The first-order valence-electron chi connectivity index (χ1n) is 6.84. The van der Waals surface area contributed by atoms with Crippen LogP contribution in [0.1, 0.15) is 18.5 Å². The molecule has 120 valence electrons. The maximum absolute atomic E-state index is 11.9. The van der Waals surface area contributed by atoms with Crippen LogP contribution in [-0.2, 0) is 11.3 Å². The molecule has 0 bridgehead atoms. The van der Waals surface area contributed by atoms with E-state index >= 15 is 0 Å². The van der Waals surface area contributed by atoms with E-state index in [1.807, 2.05) is 35.7 Å². The van der Waals surface area contributed by atoms with Crippen LogP contribution < -0.4 is 10.6 Å². The van der Waals surface area contributed by atoms with Crippen LogP contribution in [-0.4, -0.2) is 23.5 Å². The molecule has 1 aromatic carbocycles. The smallest absolute Gasteiger partial charge is 0.237 e. The lowest BCUT2D eigenvalue weighted by atomic mass is 10.2. The molecule has 0 spiro atoms. The van der Waals surface area contributed by atoms with Crippen molar-refractivity contribution in [1.82, 2.24) is 15.6 Å². The summed E-state index contributed by atoms with van der Waals surface area (Å²) in [5, 5.41) is 9.14. The van der Waals surface area contributed by atoms with Crippen LogP contribution in [0.4, 0.5) is 0 Å². The molecule has 1 fully saturated rings. The van der Waals surface area contributed by atoms with Gasteiger partial charge in [-0.3, -0.25) is 4.79 Å². The molecular weight excluding hydrogens is 341 g/mol. The maximum atomic E-state index is 11.9. The summed E-state index contributed by atoms with van der Waals surface area (Å²) >= 11 is 1.61. The highest BCUT2D eigenvalue weighted by atomic mass is 35.5. The minimum atomic E-state index is -0.0257. The second-order valence-corrected chi connectivity index (χ2v) is 5.73. The lowest BCUT2D eigenvalue weighted by molar-refractivity contribution is -0.122. The molecule has 7 heteroatoms. The Morgan fingerprint density at radius 1 is 1.32 bits per heavy atom. The van der Waals surface area contributed by atoms with E-state index in [0.717, 1.165) is 35.7 Å². The van der Waals surface area contributed by atoms with Gasteiger partial charge < -0.3 is 10.6 Å². The van der Waals surface area contributed by atoms with Crippen molar-refractivity contribution >= 4 is 42.1 Å². The number of nitrogens with one attached hydrogen (secondary N) is 2. The molecule has 1 amide bonds. The molecule has 2 N–H and O–H groups in total. The van der Waals surface area contributed by atoms with Crippen LogP contribution in [0, 0.1) is 0 Å². The number of rotatable bonds is 4. The first-order chi connectivity index (χ1) is 9.83. The lowest BCUT2D eigenvalue weighted by Gasteiger charge is -2.09. The van der Waals surface area contributed by atoms with E-state index in [0.29, 0.717) is 6.54 Å². The molecule has 0 unspecified atom stereocenters. The molecule has 1 aliphatic heterocycles. The standard InChI is InChI=1S/C15H17N3OS.2ClH/c19-14(13-7-4-8-16-13)17-9-12-10-20-15(18-12)11-5-2-1-3-6-11;;/h1-3,5-6,10,13,16H,4,7-9H2,(H,17,19);2*1H/t13-;;/m0../s1. The van der Waals surface area contributed by atoms with Crippen molar-refractivity contribution in [3.8, 4) is 10.6 Å². The van der Waals surface area contributed by atoms with Crippen molar-refractivity contribution in [1.29, 1.82) is 0 Å². The van der Waals surface area contributed by atoms with Gasteiger partial charge in [-0.1, -0.05) is 30.3 Å². The van der Waals surface area contributed by atoms with Crippen molar-refractivity contribution in [2.75, 3.05) is 6.54 Å². The summed E-state index contributed by atoms with van der Waals surface area (Å²) < 4.78 is 0. The Morgan fingerprint density at radius 3 is 2.77 bits per heavy atom. The van der Waals surface area contributed by atoms with Crippen LogP contribution in [0.15, 0.2) is 35.7 Å². The summed E-state index contributed by atoms with van der Waals surface area (Å²) in [6.07, 6.45) is 2.01. The molecule has 4 nitrogen and oxygen atoms in total. The molecule has 1 saturated heterocycles. The zero-order chi connectivity index (χ0) is 13.8. The van der Waals surface area contributed by atoms with Gasteiger partial charge in [0.1, 0.15) is 5.01 Å². The number of carbonyl (C=O) groups excluding carboxylic acids is 1. The summed E-state index contributed by atoms with van der Waals surface area (Å²) in [4.78, 5) is 16.5. The number of benzene rings is 1. The van der Waals surface area contributed by atoms with Crippen molar-refractivity contribution in [3.63, 3.8) is 0 Å². The average Bonchev–Trinajstić information content (AvgIpc) is 3.17. The molecule has 1 aliphatic rings.